The minimum Gasteiger partial charge on any atom is -0.497 e. The van der Waals surface area contributed by atoms with Gasteiger partial charge in [-0.1, -0.05) is 19.1 Å². The van der Waals surface area contributed by atoms with Gasteiger partial charge >= 0.3 is 0 Å². The summed E-state index contributed by atoms with van der Waals surface area (Å²) in [6.45, 7) is 2.23. The predicted octanol–water partition coefficient (Wildman–Crippen LogP) is 3.90. The number of aromatic amines is 1. The van der Waals surface area contributed by atoms with Gasteiger partial charge in [-0.05, 0) is 60.0 Å². The summed E-state index contributed by atoms with van der Waals surface area (Å²) >= 11 is 0. The molecule has 0 unspecified atom stereocenters. The number of sulfone groups is 1. The van der Waals surface area contributed by atoms with Gasteiger partial charge in [-0.25, -0.2) is 8.42 Å². The van der Waals surface area contributed by atoms with Crippen molar-refractivity contribution in [3.8, 4) is 5.75 Å². The van der Waals surface area contributed by atoms with E-state index in [9.17, 15) is 13.2 Å². The van der Waals surface area contributed by atoms with Crippen molar-refractivity contribution >= 4 is 26.6 Å². The molecular weight excluding hydrogens is 426 g/mol. The number of nitrogens with one attached hydrogen (secondary N) is 2. The summed E-state index contributed by atoms with van der Waals surface area (Å²) in [6.07, 6.45) is 4.05. The summed E-state index contributed by atoms with van der Waals surface area (Å²) in [5.74, 6) is 0.261. The number of carbonyl (C=O) groups is 1. The number of hydrogen-bond acceptors (Lipinski definition) is 5. The molecule has 0 aliphatic heterocycles. The number of H-pyrrole nitrogens is 1. The second-order valence-electron chi connectivity index (χ2n) is 7.35. The number of amides is 1. The molecule has 0 aliphatic rings. The summed E-state index contributed by atoms with van der Waals surface area (Å²) in [6, 6.07) is 15.1. The molecule has 4 aromatic rings. The number of nitrogens with zero attached hydrogens (tertiary/aromatic N) is 1. The van der Waals surface area contributed by atoms with Crippen LogP contribution in [0.25, 0.3) is 10.9 Å². The highest BCUT2D eigenvalue weighted by molar-refractivity contribution is 7.91. The third-order valence-corrected chi connectivity index (χ3v) is 7.00. The fourth-order valence-corrected chi connectivity index (χ4v) is 4.75. The topological polar surface area (TPSA) is 101 Å². The monoisotopic (exact) mass is 449 g/mol. The first-order chi connectivity index (χ1) is 15.4. The average Bonchev–Trinajstić information content (AvgIpc) is 3.27. The molecule has 0 saturated carbocycles. The fraction of sp³-hybridized carbons (Fsp3) is 0.167. The van der Waals surface area contributed by atoms with Crippen molar-refractivity contribution in [3.05, 3.63) is 83.8 Å². The van der Waals surface area contributed by atoms with Crippen LogP contribution in [0.4, 0.5) is 0 Å². The van der Waals surface area contributed by atoms with E-state index in [-0.39, 0.29) is 22.2 Å². The van der Waals surface area contributed by atoms with Gasteiger partial charge in [0.25, 0.3) is 5.91 Å². The van der Waals surface area contributed by atoms with Crippen molar-refractivity contribution < 1.29 is 17.9 Å². The van der Waals surface area contributed by atoms with Crippen LogP contribution in [-0.4, -0.2) is 31.4 Å². The molecule has 4 rings (SSSR count). The average molecular weight is 450 g/mol. The van der Waals surface area contributed by atoms with Crippen LogP contribution in [0.1, 0.15) is 28.5 Å². The lowest BCUT2D eigenvalue weighted by Gasteiger charge is -2.10. The zero-order valence-corrected chi connectivity index (χ0v) is 18.6. The van der Waals surface area contributed by atoms with Crippen molar-refractivity contribution in [2.75, 3.05) is 7.11 Å². The van der Waals surface area contributed by atoms with Crippen LogP contribution in [-0.2, 0) is 22.8 Å². The molecule has 0 bridgehead atoms. The van der Waals surface area contributed by atoms with E-state index in [1.165, 1.54) is 13.2 Å². The van der Waals surface area contributed by atoms with Crippen LogP contribution in [0.3, 0.4) is 0 Å². The quantitative estimate of drug-likeness (QED) is 0.446. The standard InChI is InChI=1S/C24H23N3O4S/c1-3-16-10-19(31-2)13-21(11-16)32(29,30)20-6-4-17(5-7-20)14-26-24(28)23-12-18-15-25-9-8-22(18)27-23/h4-13,15,27H,3,14H2,1-2H3,(H,26,28). The van der Waals surface area contributed by atoms with E-state index < -0.39 is 9.84 Å². The summed E-state index contributed by atoms with van der Waals surface area (Å²) in [7, 11) is -2.17. The van der Waals surface area contributed by atoms with Gasteiger partial charge < -0.3 is 15.0 Å². The molecule has 164 valence electrons. The van der Waals surface area contributed by atoms with E-state index in [4.69, 9.17) is 4.74 Å². The molecule has 2 heterocycles. The maximum Gasteiger partial charge on any atom is 0.267 e. The summed E-state index contributed by atoms with van der Waals surface area (Å²) in [5, 5.41) is 3.70. The Hall–Kier alpha value is -3.65. The van der Waals surface area contributed by atoms with Gasteiger partial charge in [0.1, 0.15) is 11.4 Å². The van der Waals surface area contributed by atoms with E-state index in [0.717, 1.165) is 22.0 Å². The molecule has 2 aromatic carbocycles. The molecule has 0 fully saturated rings. The molecular formula is C24H23N3O4S. The maximum atomic E-state index is 13.1. The SMILES string of the molecule is CCc1cc(OC)cc(S(=O)(=O)c2ccc(CNC(=O)c3cc4cnccc4[nH]3)cc2)c1. The molecule has 1 amide bonds. The van der Waals surface area contributed by atoms with Crippen LogP contribution < -0.4 is 10.1 Å². The zero-order chi connectivity index (χ0) is 22.7. The highest BCUT2D eigenvalue weighted by atomic mass is 32.2. The van der Waals surface area contributed by atoms with Crippen LogP contribution >= 0.6 is 0 Å². The molecule has 32 heavy (non-hydrogen) atoms. The molecule has 8 heteroatoms. The van der Waals surface area contributed by atoms with Gasteiger partial charge in [0.2, 0.25) is 9.84 Å². The Bertz CT molecular complexity index is 1320. The third kappa shape index (κ3) is 4.36. The summed E-state index contributed by atoms with van der Waals surface area (Å²) in [4.78, 5) is 19.9. The number of fused-ring (bicyclic) bond motifs is 1. The molecule has 0 saturated heterocycles. The fourth-order valence-electron chi connectivity index (χ4n) is 3.40. The van der Waals surface area contributed by atoms with Gasteiger partial charge in [-0.2, -0.15) is 0 Å². The molecule has 7 nitrogen and oxygen atoms in total. The molecule has 0 radical (unpaired) electrons. The summed E-state index contributed by atoms with van der Waals surface area (Å²) in [5.41, 5.74) is 2.95. The highest BCUT2D eigenvalue weighted by Gasteiger charge is 2.19. The van der Waals surface area contributed by atoms with Crippen molar-refractivity contribution in [1.29, 1.82) is 0 Å². The van der Waals surface area contributed by atoms with Crippen molar-refractivity contribution in [1.82, 2.24) is 15.3 Å². The lowest BCUT2D eigenvalue weighted by atomic mass is 10.2. The number of ether oxygens (including phenoxy) is 1. The summed E-state index contributed by atoms with van der Waals surface area (Å²) < 4.78 is 31.4. The smallest absolute Gasteiger partial charge is 0.267 e. The van der Waals surface area contributed by atoms with E-state index in [1.807, 2.05) is 13.0 Å². The van der Waals surface area contributed by atoms with Crippen LogP contribution in [0.5, 0.6) is 5.75 Å². The van der Waals surface area contributed by atoms with Gasteiger partial charge in [-0.15, -0.1) is 0 Å². The maximum absolute atomic E-state index is 13.1. The Labute approximate surface area is 186 Å². The number of carbonyl (C=O) groups excluding carboxylic acids is 1. The molecule has 2 aromatic heterocycles. The van der Waals surface area contributed by atoms with Crippen LogP contribution in [0, 0.1) is 0 Å². The first-order valence-electron chi connectivity index (χ1n) is 10.1. The molecule has 0 aliphatic carbocycles. The predicted molar refractivity (Wildman–Crippen MR) is 122 cm³/mol. The second-order valence-corrected chi connectivity index (χ2v) is 9.30. The number of hydrogen-bond donors (Lipinski definition) is 2. The highest BCUT2D eigenvalue weighted by Crippen LogP contribution is 2.27. The van der Waals surface area contributed by atoms with E-state index in [1.54, 1.807) is 54.9 Å². The van der Waals surface area contributed by atoms with E-state index in [0.29, 0.717) is 17.9 Å². The Morgan fingerprint density at radius 3 is 2.50 bits per heavy atom. The number of aryl methyl sites for hydroxylation is 1. The number of benzene rings is 2. The van der Waals surface area contributed by atoms with Gasteiger partial charge in [-0.3, -0.25) is 9.78 Å². The lowest BCUT2D eigenvalue weighted by Crippen LogP contribution is -2.23. The van der Waals surface area contributed by atoms with Gasteiger partial charge in [0.05, 0.1) is 16.9 Å². The van der Waals surface area contributed by atoms with Crippen molar-refractivity contribution in [3.63, 3.8) is 0 Å². The zero-order valence-electron chi connectivity index (χ0n) is 17.8. The first kappa shape index (κ1) is 21.6. The van der Waals surface area contributed by atoms with Gasteiger partial charge in [0.15, 0.2) is 0 Å². The van der Waals surface area contributed by atoms with Crippen LogP contribution in [0.15, 0.2) is 76.8 Å². The number of methoxy groups -OCH3 is 1. The minimum atomic E-state index is -3.69. The number of pyridine rings is 1. The van der Waals surface area contributed by atoms with Crippen molar-refractivity contribution in [2.45, 2.75) is 29.7 Å². The molecule has 0 atom stereocenters. The second kappa shape index (κ2) is 8.84. The number of aromatic nitrogens is 2. The van der Waals surface area contributed by atoms with E-state index >= 15 is 0 Å². The first-order valence-corrected chi connectivity index (χ1v) is 11.6. The van der Waals surface area contributed by atoms with E-state index in [2.05, 4.69) is 15.3 Å². The third-order valence-electron chi connectivity index (χ3n) is 5.25. The largest absolute Gasteiger partial charge is 0.497 e. The Kier molecular flexibility index (Phi) is 5.96. The Morgan fingerprint density at radius 1 is 1.03 bits per heavy atom. The number of rotatable bonds is 7. The van der Waals surface area contributed by atoms with Crippen LogP contribution in [0.2, 0.25) is 0 Å². The molecule has 2 N–H and O–H groups in total. The lowest BCUT2D eigenvalue weighted by molar-refractivity contribution is 0.0946. The minimum absolute atomic E-state index is 0.186. The van der Waals surface area contributed by atoms with Crippen molar-refractivity contribution in [2.24, 2.45) is 0 Å². The Morgan fingerprint density at radius 2 is 1.81 bits per heavy atom. The van der Waals surface area contributed by atoms with Gasteiger partial charge in [0, 0.05) is 29.8 Å². The normalized spacial score (nSPS) is 11.4. The Balaban J connectivity index is 1.48. The molecule has 0 spiro atoms.